The predicted octanol–water partition coefficient (Wildman–Crippen LogP) is 3.49. The Kier molecular flexibility index (Phi) is 2.64. The molecule has 0 aromatic heterocycles. The number of benzene rings is 1. The molecular weight excluding hydrogens is 241 g/mol. The molecule has 0 amide bonds. The molecule has 1 saturated heterocycles. The third-order valence-electron chi connectivity index (χ3n) is 3.79. The molecule has 1 aromatic rings. The van der Waals surface area contributed by atoms with Crippen molar-refractivity contribution in [2.24, 2.45) is 0 Å². The van der Waals surface area contributed by atoms with E-state index < -0.39 is 11.7 Å². The summed E-state index contributed by atoms with van der Waals surface area (Å²) in [6.07, 6.45) is -0.821. The lowest BCUT2D eigenvalue weighted by Crippen LogP contribution is -2.47. The standard InChI is InChI=1S/C13H15F3N2/c14-13(15,16)9-4-5-12-11(7-9)17-8-10-3-1-2-6-18(10)12/h4-5,7,10,17H,1-3,6,8H2/t10-/m1/s1. The molecule has 2 aliphatic rings. The van der Waals surface area contributed by atoms with Crippen molar-refractivity contribution >= 4 is 11.4 Å². The summed E-state index contributed by atoms with van der Waals surface area (Å²) in [5, 5.41) is 3.13. The predicted molar refractivity (Wildman–Crippen MR) is 64.9 cm³/mol. The van der Waals surface area contributed by atoms with Crippen molar-refractivity contribution in [1.82, 2.24) is 0 Å². The first-order valence-electron chi connectivity index (χ1n) is 6.27. The second kappa shape index (κ2) is 4.07. The van der Waals surface area contributed by atoms with Crippen LogP contribution in [0.2, 0.25) is 0 Å². The Bertz CT molecular complexity index is 456. The third kappa shape index (κ3) is 1.91. The Morgan fingerprint density at radius 1 is 1.22 bits per heavy atom. The lowest BCUT2D eigenvalue weighted by molar-refractivity contribution is -0.137. The average molecular weight is 256 g/mol. The second-order valence-electron chi connectivity index (χ2n) is 4.95. The normalized spacial score (nSPS) is 23.1. The molecule has 18 heavy (non-hydrogen) atoms. The largest absolute Gasteiger partial charge is 0.416 e. The molecule has 5 heteroatoms. The summed E-state index contributed by atoms with van der Waals surface area (Å²) in [5.41, 5.74) is 0.950. The highest BCUT2D eigenvalue weighted by atomic mass is 19.4. The molecule has 0 bridgehead atoms. The van der Waals surface area contributed by atoms with Crippen LogP contribution in [-0.4, -0.2) is 19.1 Å². The van der Waals surface area contributed by atoms with Crippen LogP contribution in [0.4, 0.5) is 24.5 Å². The van der Waals surface area contributed by atoms with Gasteiger partial charge in [0.05, 0.1) is 16.9 Å². The van der Waals surface area contributed by atoms with Gasteiger partial charge in [0, 0.05) is 19.1 Å². The van der Waals surface area contributed by atoms with Crippen LogP contribution in [-0.2, 0) is 6.18 Å². The molecule has 2 heterocycles. The van der Waals surface area contributed by atoms with Crippen LogP contribution in [0.1, 0.15) is 24.8 Å². The number of hydrogen-bond acceptors (Lipinski definition) is 2. The zero-order chi connectivity index (χ0) is 12.8. The highest BCUT2D eigenvalue weighted by Gasteiger charge is 2.34. The van der Waals surface area contributed by atoms with Crippen LogP contribution >= 0.6 is 0 Å². The van der Waals surface area contributed by atoms with E-state index in [-0.39, 0.29) is 0 Å². The van der Waals surface area contributed by atoms with E-state index in [4.69, 9.17) is 0 Å². The summed E-state index contributed by atoms with van der Waals surface area (Å²) in [4.78, 5) is 2.25. The molecule has 1 aromatic carbocycles. The molecule has 1 fully saturated rings. The average Bonchev–Trinajstić information content (AvgIpc) is 2.37. The SMILES string of the molecule is FC(F)(F)c1ccc2c(c1)NC[C@H]1CCCCN21. The van der Waals surface area contributed by atoms with Gasteiger partial charge in [-0.3, -0.25) is 0 Å². The summed E-state index contributed by atoms with van der Waals surface area (Å²) < 4.78 is 37.9. The quantitative estimate of drug-likeness (QED) is 0.764. The maximum absolute atomic E-state index is 12.6. The molecule has 98 valence electrons. The topological polar surface area (TPSA) is 15.3 Å². The highest BCUT2D eigenvalue weighted by molar-refractivity contribution is 5.74. The molecular formula is C13H15F3N2. The molecule has 2 aliphatic heterocycles. The number of piperidine rings is 1. The number of rotatable bonds is 0. The number of halogens is 3. The Labute approximate surface area is 104 Å². The third-order valence-corrected chi connectivity index (χ3v) is 3.79. The molecule has 2 nitrogen and oxygen atoms in total. The van der Waals surface area contributed by atoms with Crippen molar-refractivity contribution in [3.63, 3.8) is 0 Å². The van der Waals surface area contributed by atoms with Gasteiger partial charge in [0.15, 0.2) is 0 Å². The molecule has 0 spiro atoms. The van der Waals surface area contributed by atoms with E-state index in [1.807, 2.05) is 0 Å². The van der Waals surface area contributed by atoms with Crippen LogP contribution in [0.5, 0.6) is 0 Å². The van der Waals surface area contributed by atoms with E-state index >= 15 is 0 Å². The van der Waals surface area contributed by atoms with E-state index in [9.17, 15) is 13.2 Å². The Hall–Kier alpha value is -1.39. The fourth-order valence-electron chi connectivity index (χ4n) is 2.86. The van der Waals surface area contributed by atoms with Crippen LogP contribution < -0.4 is 10.2 Å². The van der Waals surface area contributed by atoms with Gasteiger partial charge in [0.25, 0.3) is 0 Å². The number of alkyl halides is 3. The van der Waals surface area contributed by atoms with Gasteiger partial charge in [-0.05, 0) is 37.5 Å². The van der Waals surface area contributed by atoms with Crippen LogP contribution in [0.3, 0.4) is 0 Å². The van der Waals surface area contributed by atoms with Gasteiger partial charge in [0.1, 0.15) is 0 Å². The maximum Gasteiger partial charge on any atom is 0.416 e. The van der Waals surface area contributed by atoms with Gasteiger partial charge >= 0.3 is 6.18 Å². The van der Waals surface area contributed by atoms with Gasteiger partial charge in [-0.25, -0.2) is 0 Å². The monoisotopic (exact) mass is 256 g/mol. The van der Waals surface area contributed by atoms with Crippen LogP contribution in [0, 0.1) is 0 Å². The Balaban J connectivity index is 1.96. The van der Waals surface area contributed by atoms with Crippen LogP contribution in [0.15, 0.2) is 18.2 Å². The van der Waals surface area contributed by atoms with Gasteiger partial charge < -0.3 is 10.2 Å². The first-order valence-corrected chi connectivity index (χ1v) is 6.27. The summed E-state index contributed by atoms with van der Waals surface area (Å²) in [6, 6.07) is 4.43. The van der Waals surface area contributed by atoms with Crippen molar-refractivity contribution in [3.8, 4) is 0 Å². The van der Waals surface area contributed by atoms with E-state index in [0.717, 1.165) is 31.6 Å². The minimum atomic E-state index is -4.27. The first kappa shape index (κ1) is 11.7. The van der Waals surface area contributed by atoms with Crippen molar-refractivity contribution in [2.75, 3.05) is 23.3 Å². The number of nitrogens with one attached hydrogen (secondary N) is 1. The molecule has 0 saturated carbocycles. The van der Waals surface area contributed by atoms with Gasteiger partial charge in [-0.2, -0.15) is 13.2 Å². The fourth-order valence-corrected chi connectivity index (χ4v) is 2.86. The molecule has 1 atom stereocenters. The highest BCUT2D eigenvalue weighted by Crippen LogP contribution is 2.39. The molecule has 3 rings (SSSR count). The number of fused-ring (bicyclic) bond motifs is 3. The fraction of sp³-hybridized carbons (Fsp3) is 0.538. The Morgan fingerprint density at radius 2 is 2.06 bits per heavy atom. The van der Waals surface area contributed by atoms with E-state index in [0.29, 0.717) is 11.7 Å². The zero-order valence-corrected chi connectivity index (χ0v) is 9.93. The second-order valence-corrected chi connectivity index (χ2v) is 4.95. The molecule has 0 radical (unpaired) electrons. The number of hydrogen-bond donors (Lipinski definition) is 1. The summed E-state index contributed by atoms with van der Waals surface area (Å²) >= 11 is 0. The molecule has 1 N–H and O–H groups in total. The number of nitrogens with zero attached hydrogens (tertiary/aromatic N) is 1. The van der Waals surface area contributed by atoms with E-state index in [1.54, 1.807) is 6.07 Å². The van der Waals surface area contributed by atoms with Crippen molar-refractivity contribution in [2.45, 2.75) is 31.5 Å². The summed E-state index contributed by atoms with van der Waals surface area (Å²) in [6.45, 7) is 1.69. The Morgan fingerprint density at radius 3 is 2.83 bits per heavy atom. The van der Waals surface area contributed by atoms with Crippen molar-refractivity contribution in [1.29, 1.82) is 0 Å². The molecule has 0 unspecified atom stereocenters. The van der Waals surface area contributed by atoms with Crippen LogP contribution in [0.25, 0.3) is 0 Å². The lowest BCUT2D eigenvalue weighted by atomic mass is 9.97. The van der Waals surface area contributed by atoms with Crippen molar-refractivity contribution < 1.29 is 13.2 Å². The van der Waals surface area contributed by atoms with Gasteiger partial charge in [0.2, 0.25) is 0 Å². The van der Waals surface area contributed by atoms with E-state index in [2.05, 4.69) is 10.2 Å². The van der Waals surface area contributed by atoms with Crippen molar-refractivity contribution in [3.05, 3.63) is 23.8 Å². The minimum Gasteiger partial charge on any atom is -0.381 e. The first-order chi connectivity index (χ1) is 8.55. The van der Waals surface area contributed by atoms with Gasteiger partial charge in [-0.1, -0.05) is 0 Å². The minimum absolute atomic E-state index is 0.433. The summed E-state index contributed by atoms with van der Waals surface area (Å²) in [7, 11) is 0. The maximum atomic E-state index is 12.6. The lowest BCUT2D eigenvalue weighted by Gasteiger charge is -2.42. The zero-order valence-electron chi connectivity index (χ0n) is 9.93. The van der Waals surface area contributed by atoms with E-state index in [1.165, 1.54) is 18.6 Å². The summed E-state index contributed by atoms with van der Waals surface area (Å²) in [5.74, 6) is 0. The number of anilines is 2. The molecule has 0 aliphatic carbocycles. The van der Waals surface area contributed by atoms with Gasteiger partial charge in [-0.15, -0.1) is 0 Å². The smallest absolute Gasteiger partial charge is 0.381 e.